The van der Waals surface area contributed by atoms with E-state index in [1.165, 1.54) is 30.0 Å². The smallest absolute Gasteiger partial charge is 0.321 e. The molecule has 3 aromatic carbocycles. The molecular formula is C18H12I2NO3P. The molecule has 0 aliphatic rings. The number of hydrogen-bond donors (Lipinski definition) is 2. The third kappa shape index (κ3) is 3.14. The molecule has 1 heterocycles. The maximum absolute atomic E-state index is 11.4. The third-order valence-electron chi connectivity index (χ3n) is 4.13. The van der Waals surface area contributed by atoms with Gasteiger partial charge in [0.25, 0.3) is 0 Å². The van der Waals surface area contributed by atoms with Gasteiger partial charge in [-0.1, -0.05) is 0 Å². The second-order valence-electron chi connectivity index (χ2n) is 5.72. The molecule has 0 bridgehead atoms. The van der Waals surface area contributed by atoms with E-state index in [0.29, 0.717) is 0 Å². The number of fused-ring (bicyclic) bond motifs is 3. The fourth-order valence-corrected chi connectivity index (χ4v) is 4.56. The Morgan fingerprint density at radius 2 is 1.24 bits per heavy atom. The van der Waals surface area contributed by atoms with Crippen molar-refractivity contribution in [1.29, 1.82) is 0 Å². The van der Waals surface area contributed by atoms with Gasteiger partial charge in [-0.3, -0.25) is 4.57 Å². The highest BCUT2D eigenvalue weighted by molar-refractivity contribution is 14.1. The van der Waals surface area contributed by atoms with Gasteiger partial charge in [0.1, 0.15) is 0 Å². The minimum atomic E-state index is -4.24. The Balaban J connectivity index is 2.04. The fourth-order valence-electron chi connectivity index (χ4n) is 3.04. The van der Waals surface area contributed by atoms with E-state index < -0.39 is 7.60 Å². The van der Waals surface area contributed by atoms with E-state index in [9.17, 15) is 14.4 Å². The molecule has 4 aromatic rings. The topological polar surface area (TPSA) is 62.5 Å². The molecule has 2 N–H and O–H groups in total. The highest BCUT2D eigenvalue weighted by Gasteiger charge is 2.18. The Morgan fingerprint density at radius 1 is 0.760 bits per heavy atom. The maximum Gasteiger partial charge on any atom is 0.356 e. The van der Waals surface area contributed by atoms with E-state index >= 15 is 0 Å². The molecule has 0 saturated heterocycles. The lowest BCUT2D eigenvalue weighted by Gasteiger charge is -2.10. The molecule has 0 aliphatic heterocycles. The zero-order chi connectivity index (χ0) is 17.8. The summed E-state index contributed by atoms with van der Waals surface area (Å²) in [6.07, 6.45) is 0. The van der Waals surface area contributed by atoms with Crippen molar-refractivity contribution in [3.8, 4) is 5.69 Å². The number of benzene rings is 3. The average molecular weight is 575 g/mol. The minimum absolute atomic E-state index is 0.0288. The van der Waals surface area contributed by atoms with Crippen LogP contribution in [-0.4, -0.2) is 14.4 Å². The average Bonchev–Trinajstić information content (AvgIpc) is 2.87. The molecule has 4 rings (SSSR count). The highest BCUT2D eigenvalue weighted by Crippen LogP contribution is 2.36. The molecule has 25 heavy (non-hydrogen) atoms. The van der Waals surface area contributed by atoms with Crippen LogP contribution in [0.15, 0.2) is 60.7 Å². The second kappa shape index (κ2) is 6.35. The molecule has 0 spiro atoms. The Labute approximate surface area is 171 Å². The molecule has 0 unspecified atom stereocenters. The molecule has 4 nitrogen and oxygen atoms in total. The normalized spacial score (nSPS) is 12.2. The number of hydrogen-bond acceptors (Lipinski definition) is 1. The van der Waals surface area contributed by atoms with Gasteiger partial charge in [-0.15, -0.1) is 0 Å². The Morgan fingerprint density at radius 3 is 1.68 bits per heavy atom. The van der Waals surface area contributed by atoms with Crippen LogP contribution in [0.4, 0.5) is 0 Å². The molecule has 0 amide bonds. The maximum atomic E-state index is 11.4. The largest absolute Gasteiger partial charge is 0.356 e. The summed E-state index contributed by atoms with van der Waals surface area (Å²) in [5.74, 6) is 0. The number of rotatable bonds is 2. The van der Waals surface area contributed by atoms with Crippen LogP contribution < -0.4 is 5.30 Å². The van der Waals surface area contributed by atoms with Gasteiger partial charge in [0.2, 0.25) is 0 Å². The quantitative estimate of drug-likeness (QED) is 0.267. The summed E-state index contributed by atoms with van der Waals surface area (Å²) in [5, 5.41) is 2.36. The fraction of sp³-hybridized carbons (Fsp3) is 0. The number of halogens is 2. The van der Waals surface area contributed by atoms with Crippen molar-refractivity contribution in [2.24, 2.45) is 0 Å². The van der Waals surface area contributed by atoms with E-state index in [2.05, 4.69) is 86.1 Å². The van der Waals surface area contributed by atoms with Crippen LogP contribution in [-0.2, 0) is 4.57 Å². The molecule has 0 radical (unpaired) electrons. The zero-order valence-electron chi connectivity index (χ0n) is 12.7. The molecule has 1 aromatic heterocycles. The van der Waals surface area contributed by atoms with E-state index in [-0.39, 0.29) is 5.30 Å². The van der Waals surface area contributed by atoms with Gasteiger partial charge in [0, 0.05) is 23.6 Å². The number of nitrogens with zero attached hydrogens (tertiary/aromatic N) is 1. The second-order valence-corrected chi connectivity index (χ2v) is 9.81. The van der Waals surface area contributed by atoms with Gasteiger partial charge < -0.3 is 14.4 Å². The lowest BCUT2D eigenvalue weighted by Crippen LogP contribution is -2.04. The van der Waals surface area contributed by atoms with Crippen LogP contribution in [0, 0.1) is 7.14 Å². The standard InChI is InChI=1S/C18H12I2NO3P/c19-11-1-7-17-15(9-11)16-10-12(20)2-8-18(16)21(17)13-3-5-14(6-4-13)25(22,23)24/h1-10H,(H2,22,23,24). The van der Waals surface area contributed by atoms with Gasteiger partial charge >= 0.3 is 7.60 Å². The molecule has 126 valence electrons. The van der Waals surface area contributed by atoms with Gasteiger partial charge in [0.15, 0.2) is 0 Å². The van der Waals surface area contributed by atoms with Crippen molar-refractivity contribution >= 4 is 79.9 Å². The molecule has 0 fully saturated rings. The van der Waals surface area contributed by atoms with E-state index in [1.807, 2.05) is 0 Å². The summed E-state index contributed by atoms with van der Waals surface area (Å²) in [7, 11) is -4.24. The van der Waals surface area contributed by atoms with Gasteiger partial charge in [-0.05, 0) is 106 Å². The first-order valence-corrected chi connectivity index (χ1v) is 11.2. The summed E-state index contributed by atoms with van der Waals surface area (Å²) < 4.78 is 15.9. The van der Waals surface area contributed by atoms with Crippen LogP contribution >= 0.6 is 52.8 Å². The number of aromatic nitrogens is 1. The first-order valence-electron chi connectivity index (χ1n) is 7.40. The van der Waals surface area contributed by atoms with E-state index in [4.69, 9.17) is 0 Å². The van der Waals surface area contributed by atoms with E-state index in [1.54, 1.807) is 12.1 Å². The van der Waals surface area contributed by atoms with Crippen LogP contribution in [0.3, 0.4) is 0 Å². The lowest BCUT2D eigenvalue weighted by atomic mass is 10.2. The summed E-state index contributed by atoms with van der Waals surface area (Å²) in [4.78, 5) is 18.6. The molecular weight excluding hydrogens is 563 g/mol. The van der Waals surface area contributed by atoms with E-state index in [0.717, 1.165) is 16.7 Å². The van der Waals surface area contributed by atoms with Crippen LogP contribution in [0.5, 0.6) is 0 Å². The summed E-state index contributed by atoms with van der Waals surface area (Å²) in [6, 6.07) is 19.1. The van der Waals surface area contributed by atoms with Gasteiger partial charge in [-0.25, -0.2) is 0 Å². The molecule has 0 saturated carbocycles. The first kappa shape index (κ1) is 17.5. The molecule has 0 aliphatic carbocycles. The Bertz CT molecular complexity index is 1100. The van der Waals surface area contributed by atoms with Crippen molar-refractivity contribution in [2.45, 2.75) is 0 Å². The lowest BCUT2D eigenvalue weighted by molar-refractivity contribution is 0.387. The monoisotopic (exact) mass is 575 g/mol. The third-order valence-corrected chi connectivity index (χ3v) is 6.45. The van der Waals surface area contributed by atoms with Crippen molar-refractivity contribution < 1.29 is 14.4 Å². The highest BCUT2D eigenvalue weighted by atomic mass is 127. The predicted molar refractivity (Wildman–Crippen MR) is 118 cm³/mol. The first-order chi connectivity index (χ1) is 11.8. The Kier molecular flexibility index (Phi) is 4.44. The van der Waals surface area contributed by atoms with Crippen LogP contribution in [0.25, 0.3) is 27.5 Å². The molecule has 0 atom stereocenters. The Hall–Kier alpha value is -0.930. The minimum Gasteiger partial charge on any atom is -0.321 e. The van der Waals surface area contributed by atoms with Crippen molar-refractivity contribution in [3.63, 3.8) is 0 Å². The van der Waals surface area contributed by atoms with Crippen molar-refractivity contribution in [2.75, 3.05) is 0 Å². The summed E-state index contributed by atoms with van der Waals surface area (Å²) >= 11 is 4.62. The van der Waals surface area contributed by atoms with Crippen molar-refractivity contribution in [3.05, 3.63) is 67.8 Å². The van der Waals surface area contributed by atoms with Crippen LogP contribution in [0.2, 0.25) is 0 Å². The zero-order valence-corrected chi connectivity index (χ0v) is 17.9. The van der Waals surface area contributed by atoms with Crippen molar-refractivity contribution in [1.82, 2.24) is 4.57 Å². The SMILES string of the molecule is O=P(O)(O)c1ccc(-n2c3ccc(I)cc3c3cc(I)ccc32)cc1. The predicted octanol–water partition coefficient (Wildman–Crippen LogP) is 4.80. The molecule has 7 heteroatoms. The van der Waals surface area contributed by atoms with Gasteiger partial charge in [-0.2, -0.15) is 0 Å². The summed E-state index contributed by atoms with van der Waals surface area (Å²) in [5.41, 5.74) is 3.02. The summed E-state index contributed by atoms with van der Waals surface area (Å²) in [6.45, 7) is 0. The van der Waals surface area contributed by atoms with Gasteiger partial charge in [0.05, 0.1) is 16.3 Å². The van der Waals surface area contributed by atoms with Crippen LogP contribution in [0.1, 0.15) is 0 Å².